The second kappa shape index (κ2) is 3.04. The SMILES string of the molecule is CCCN1C(=O)CC1CC. The molecular formula is C8H15NO. The monoisotopic (exact) mass is 141 g/mol. The molecule has 0 aromatic rings. The van der Waals surface area contributed by atoms with Gasteiger partial charge >= 0.3 is 0 Å². The standard InChI is InChI=1S/C8H15NO/c1-3-5-9-7(4-2)6-8(9)10/h7H,3-6H2,1-2H3. The summed E-state index contributed by atoms with van der Waals surface area (Å²) in [7, 11) is 0. The lowest BCUT2D eigenvalue weighted by molar-refractivity contribution is -0.146. The van der Waals surface area contributed by atoms with Gasteiger partial charge in [-0.15, -0.1) is 0 Å². The Balaban J connectivity index is 2.32. The van der Waals surface area contributed by atoms with E-state index in [2.05, 4.69) is 13.8 Å². The molecule has 0 spiro atoms. The number of hydrogen-bond donors (Lipinski definition) is 0. The van der Waals surface area contributed by atoms with Gasteiger partial charge in [0.2, 0.25) is 5.91 Å². The molecule has 0 aromatic carbocycles. The summed E-state index contributed by atoms with van der Waals surface area (Å²) in [6.45, 7) is 5.20. The van der Waals surface area contributed by atoms with E-state index in [1.807, 2.05) is 4.90 Å². The molecule has 1 atom stereocenters. The molecule has 0 radical (unpaired) electrons. The Morgan fingerprint density at radius 3 is 2.70 bits per heavy atom. The maximum atomic E-state index is 10.9. The quantitative estimate of drug-likeness (QED) is 0.544. The number of amides is 1. The van der Waals surface area contributed by atoms with E-state index in [-0.39, 0.29) is 0 Å². The maximum Gasteiger partial charge on any atom is 0.224 e. The summed E-state index contributed by atoms with van der Waals surface area (Å²) >= 11 is 0. The number of likely N-dealkylation sites (tertiary alicyclic amines) is 1. The minimum atomic E-state index is 0.341. The van der Waals surface area contributed by atoms with Crippen LogP contribution in [-0.2, 0) is 4.79 Å². The Labute approximate surface area is 62.2 Å². The predicted octanol–water partition coefficient (Wildman–Crippen LogP) is 1.41. The van der Waals surface area contributed by atoms with Gasteiger partial charge in [0.05, 0.1) is 0 Å². The highest BCUT2D eigenvalue weighted by Gasteiger charge is 2.33. The first-order valence-corrected chi connectivity index (χ1v) is 4.09. The van der Waals surface area contributed by atoms with Crippen molar-refractivity contribution in [2.24, 2.45) is 0 Å². The third kappa shape index (κ3) is 1.15. The lowest BCUT2D eigenvalue weighted by atomic mass is 9.99. The molecule has 0 saturated carbocycles. The molecule has 0 aromatic heterocycles. The lowest BCUT2D eigenvalue weighted by Gasteiger charge is -2.39. The first-order chi connectivity index (χ1) is 4.79. The van der Waals surface area contributed by atoms with Crippen molar-refractivity contribution in [3.8, 4) is 0 Å². The topological polar surface area (TPSA) is 20.3 Å². The minimum absolute atomic E-state index is 0.341. The van der Waals surface area contributed by atoms with Crippen molar-refractivity contribution >= 4 is 5.91 Å². The van der Waals surface area contributed by atoms with Gasteiger partial charge in [-0.3, -0.25) is 4.79 Å². The van der Waals surface area contributed by atoms with Gasteiger partial charge in [0, 0.05) is 19.0 Å². The highest BCUT2D eigenvalue weighted by molar-refractivity contribution is 5.82. The zero-order valence-electron chi connectivity index (χ0n) is 6.76. The molecule has 58 valence electrons. The van der Waals surface area contributed by atoms with Crippen molar-refractivity contribution < 1.29 is 4.79 Å². The highest BCUT2D eigenvalue weighted by atomic mass is 16.2. The van der Waals surface area contributed by atoms with E-state index in [1.165, 1.54) is 0 Å². The summed E-state index contributed by atoms with van der Waals surface area (Å²) in [5, 5.41) is 0. The van der Waals surface area contributed by atoms with Crippen molar-refractivity contribution in [2.75, 3.05) is 6.54 Å². The zero-order valence-corrected chi connectivity index (χ0v) is 6.76. The number of carbonyl (C=O) groups is 1. The molecule has 2 heteroatoms. The first kappa shape index (κ1) is 7.58. The van der Waals surface area contributed by atoms with Gasteiger partial charge in [0.25, 0.3) is 0 Å². The Kier molecular flexibility index (Phi) is 2.30. The minimum Gasteiger partial charge on any atom is -0.339 e. The van der Waals surface area contributed by atoms with E-state index >= 15 is 0 Å². The molecule has 2 nitrogen and oxygen atoms in total. The summed E-state index contributed by atoms with van der Waals surface area (Å²) in [5.74, 6) is 0.341. The highest BCUT2D eigenvalue weighted by Crippen LogP contribution is 2.21. The molecule has 1 unspecified atom stereocenters. The Bertz CT molecular complexity index is 133. The van der Waals surface area contributed by atoms with Crippen LogP contribution in [0.5, 0.6) is 0 Å². The van der Waals surface area contributed by atoms with Crippen molar-refractivity contribution in [3.63, 3.8) is 0 Å². The van der Waals surface area contributed by atoms with Crippen molar-refractivity contribution in [1.29, 1.82) is 0 Å². The molecule has 10 heavy (non-hydrogen) atoms. The van der Waals surface area contributed by atoms with Crippen molar-refractivity contribution in [3.05, 3.63) is 0 Å². The molecule has 0 aliphatic carbocycles. The van der Waals surface area contributed by atoms with Gasteiger partial charge in [0.1, 0.15) is 0 Å². The van der Waals surface area contributed by atoms with Crippen LogP contribution in [0, 0.1) is 0 Å². The lowest BCUT2D eigenvalue weighted by Crippen LogP contribution is -2.52. The van der Waals surface area contributed by atoms with E-state index in [0.29, 0.717) is 11.9 Å². The van der Waals surface area contributed by atoms with Gasteiger partial charge in [-0.1, -0.05) is 13.8 Å². The Morgan fingerprint density at radius 1 is 1.60 bits per heavy atom. The van der Waals surface area contributed by atoms with Crippen LogP contribution in [0.25, 0.3) is 0 Å². The van der Waals surface area contributed by atoms with E-state index in [4.69, 9.17) is 0 Å². The molecule has 1 amide bonds. The third-order valence-corrected chi connectivity index (χ3v) is 2.11. The van der Waals surface area contributed by atoms with E-state index in [1.54, 1.807) is 0 Å². The molecule has 1 rings (SSSR count). The third-order valence-electron chi connectivity index (χ3n) is 2.11. The van der Waals surface area contributed by atoms with Gasteiger partial charge in [-0.2, -0.15) is 0 Å². The van der Waals surface area contributed by atoms with E-state index in [0.717, 1.165) is 25.8 Å². The summed E-state index contributed by atoms with van der Waals surface area (Å²) < 4.78 is 0. The van der Waals surface area contributed by atoms with Crippen LogP contribution in [0.15, 0.2) is 0 Å². The molecule has 0 bridgehead atoms. The van der Waals surface area contributed by atoms with Crippen molar-refractivity contribution in [2.45, 2.75) is 39.2 Å². The maximum absolute atomic E-state index is 10.9. The summed E-state index contributed by atoms with van der Waals surface area (Å²) in [6.07, 6.45) is 2.99. The molecule has 0 N–H and O–H groups in total. The van der Waals surface area contributed by atoms with Crippen LogP contribution in [0.1, 0.15) is 33.1 Å². The van der Waals surface area contributed by atoms with Gasteiger partial charge < -0.3 is 4.90 Å². The number of rotatable bonds is 3. The van der Waals surface area contributed by atoms with E-state index in [9.17, 15) is 4.79 Å². The first-order valence-electron chi connectivity index (χ1n) is 4.09. The van der Waals surface area contributed by atoms with E-state index < -0.39 is 0 Å². The molecule has 1 aliphatic rings. The molecule has 1 fully saturated rings. The zero-order chi connectivity index (χ0) is 7.56. The van der Waals surface area contributed by atoms with Crippen LogP contribution in [-0.4, -0.2) is 23.4 Å². The second-order valence-electron chi connectivity index (χ2n) is 2.85. The summed E-state index contributed by atoms with van der Waals surface area (Å²) in [4.78, 5) is 12.9. The fraction of sp³-hybridized carbons (Fsp3) is 0.875. The Hall–Kier alpha value is -0.530. The molecular weight excluding hydrogens is 126 g/mol. The fourth-order valence-electron chi connectivity index (χ4n) is 1.43. The number of β-lactam (4-membered cyclic amide) rings is 1. The van der Waals surface area contributed by atoms with Crippen LogP contribution in [0.4, 0.5) is 0 Å². The van der Waals surface area contributed by atoms with Crippen LogP contribution in [0.3, 0.4) is 0 Å². The number of hydrogen-bond acceptors (Lipinski definition) is 1. The molecule has 1 aliphatic heterocycles. The molecule has 1 saturated heterocycles. The average Bonchev–Trinajstić information content (AvgIpc) is 1.95. The Morgan fingerprint density at radius 2 is 2.30 bits per heavy atom. The largest absolute Gasteiger partial charge is 0.339 e. The van der Waals surface area contributed by atoms with Gasteiger partial charge in [-0.25, -0.2) is 0 Å². The normalized spacial score (nSPS) is 24.8. The van der Waals surface area contributed by atoms with Crippen LogP contribution >= 0.6 is 0 Å². The van der Waals surface area contributed by atoms with Crippen LogP contribution < -0.4 is 0 Å². The summed E-state index contributed by atoms with van der Waals surface area (Å²) in [6, 6.07) is 0.562. The predicted molar refractivity (Wildman–Crippen MR) is 40.7 cm³/mol. The number of carbonyl (C=O) groups excluding carboxylic acids is 1. The van der Waals surface area contributed by atoms with Gasteiger partial charge in [0.15, 0.2) is 0 Å². The van der Waals surface area contributed by atoms with Crippen LogP contribution in [0.2, 0.25) is 0 Å². The fourth-order valence-corrected chi connectivity index (χ4v) is 1.43. The van der Waals surface area contributed by atoms with Gasteiger partial charge in [-0.05, 0) is 12.8 Å². The smallest absolute Gasteiger partial charge is 0.224 e. The van der Waals surface area contributed by atoms with Crippen molar-refractivity contribution in [1.82, 2.24) is 4.90 Å². The molecule has 1 heterocycles. The second-order valence-corrected chi connectivity index (χ2v) is 2.85. The number of nitrogens with zero attached hydrogens (tertiary/aromatic N) is 1. The summed E-state index contributed by atoms with van der Waals surface area (Å²) in [5.41, 5.74) is 0. The average molecular weight is 141 g/mol.